The minimum Gasteiger partial charge on any atom is -0.449 e. The highest BCUT2D eigenvalue weighted by atomic mass is 16.6. The van der Waals surface area contributed by atoms with Gasteiger partial charge in [0.25, 0.3) is 0 Å². The third-order valence-electron chi connectivity index (χ3n) is 3.13. The first-order valence-corrected chi connectivity index (χ1v) is 6.24. The highest BCUT2D eigenvalue weighted by molar-refractivity contribution is 5.67. The first-order valence-electron chi connectivity index (χ1n) is 6.24. The third-order valence-corrected chi connectivity index (χ3v) is 3.13. The third kappa shape index (κ3) is 3.47. The Balaban J connectivity index is 1.94. The van der Waals surface area contributed by atoms with E-state index >= 15 is 0 Å². The van der Waals surface area contributed by atoms with Crippen molar-refractivity contribution < 1.29 is 14.3 Å². The second-order valence-corrected chi connectivity index (χ2v) is 4.59. The molecule has 18 heavy (non-hydrogen) atoms. The predicted molar refractivity (Wildman–Crippen MR) is 68.2 cm³/mol. The number of carbonyl (C=O) groups is 1. The minimum absolute atomic E-state index is 0.225. The van der Waals surface area contributed by atoms with Crippen LogP contribution >= 0.6 is 0 Å². The maximum Gasteiger partial charge on any atom is 0.410 e. The van der Waals surface area contributed by atoms with Gasteiger partial charge in [0.05, 0.1) is 13.2 Å². The van der Waals surface area contributed by atoms with E-state index in [1.54, 1.807) is 12.0 Å². The fraction of sp³-hybridized carbons (Fsp3) is 0.500. The van der Waals surface area contributed by atoms with Crippen LogP contribution in [-0.4, -0.2) is 37.9 Å². The van der Waals surface area contributed by atoms with Crippen molar-refractivity contribution in [2.24, 2.45) is 5.92 Å². The molecule has 1 unspecified atom stereocenters. The summed E-state index contributed by atoms with van der Waals surface area (Å²) >= 11 is 0. The van der Waals surface area contributed by atoms with E-state index in [9.17, 15) is 4.79 Å². The van der Waals surface area contributed by atoms with Gasteiger partial charge in [0.15, 0.2) is 0 Å². The topological polar surface area (TPSA) is 38.8 Å². The Morgan fingerprint density at radius 3 is 2.89 bits per heavy atom. The van der Waals surface area contributed by atoms with Crippen molar-refractivity contribution in [3.8, 4) is 0 Å². The first kappa shape index (κ1) is 12.9. The Morgan fingerprint density at radius 2 is 2.17 bits per heavy atom. The summed E-state index contributed by atoms with van der Waals surface area (Å²) in [6, 6.07) is 9.97. The van der Waals surface area contributed by atoms with Gasteiger partial charge in [-0.25, -0.2) is 4.79 Å². The summed E-state index contributed by atoms with van der Waals surface area (Å²) in [5, 5.41) is 0. The lowest BCUT2D eigenvalue weighted by Crippen LogP contribution is -2.30. The van der Waals surface area contributed by atoms with Crippen LogP contribution in [0.25, 0.3) is 0 Å². The average molecular weight is 249 g/mol. The number of amides is 1. The van der Waals surface area contributed by atoms with Crippen molar-refractivity contribution in [2.45, 2.75) is 13.0 Å². The molecule has 1 heterocycles. The van der Waals surface area contributed by atoms with Crippen LogP contribution in [0.3, 0.4) is 0 Å². The normalized spacial score (nSPS) is 20.4. The number of rotatable bonds is 4. The molecule has 1 amide bonds. The molecule has 0 N–H and O–H groups in total. The van der Waals surface area contributed by atoms with Crippen molar-refractivity contribution >= 4 is 6.09 Å². The fourth-order valence-electron chi connectivity index (χ4n) is 2.11. The number of hydrogen-bond acceptors (Lipinski definition) is 3. The van der Waals surface area contributed by atoms with E-state index in [4.69, 9.17) is 9.47 Å². The van der Waals surface area contributed by atoms with Crippen LogP contribution < -0.4 is 0 Å². The molecule has 2 rings (SSSR count). The second-order valence-electron chi connectivity index (χ2n) is 4.59. The molecule has 1 aromatic carbocycles. The minimum atomic E-state index is -0.225. The monoisotopic (exact) mass is 249 g/mol. The molecule has 1 aliphatic heterocycles. The van der Waals surface area contributed by atoms with Gasteiger partial charge in [-0.1, -0.05) is 30.3 Å². The average Bonchev–Trinajstić information content (AvgIpc) is 2.56. The Kier molecular flexibility index (Phi) is 4.59. The summed E-state index contributed by atoms with van der Waals surface area (Å²) in [5.41, 5.74) is 1.12. The van der Waals surface area contributed by atoms with Crippen LogP contribution in [0.4, 0.5) is 4.79 Å². The zero-order chi connectivity index (χ0) is 12.8. The molecule has 98 valence electrons. The summed E-state index contributed by atoms with van der Waals surface area (Å²) in [5.74, 6) is 0.305. The molecule has 0 aromatic heterocycles. The van der Waals surface area contributed by atoms with Gasteiger partial charge >= 0.3 is 6.09 Å². The molecule has 1 saturated heterocycles. The van der Waals surface area contributed by atoms with E-state index in [0.29, 0.717) is 25.7 Å². The number of cyclic esters (lactones) is 1. The SMILES string of the molecule is COCC1CCN(Cc2ccccc2)C(=O)OC1. The number of benzene rings is 1. The van der Waals surface area contributed by atoms with Gasteiger partial charge in [-0.05, 0) is 12.0 Å². The molecule has 0 spiro atoms. The number of carbonyl (C=O) groups excluding carboxylic acids is 1. The zero-order valence-corrected chi connectivity index (χ0v) is 10.7. The highest BCUT2D eigenvalue weighted by Gasteiger charge is 2.23. The summed E-state index contributed by atoms with van der Waals surface area (Å²) in [7, 11) is 1.68. The van der Waals surface area contributed by atoms with Crippen molar-refractivity contribution in [3.63, 3.8) is 0 Å². The van der Waals surface area contributed by atoms with Gasteiger partial charge in [0.2, 0.25) is 0 Å². The van der Waals surface area contributed by atoms with Crippen molar-refractivity contribution in [1.82, 2.24) is 4.90 Å². The van der Waals surface area contributed by atoms with E-state index in [2.05, 4.69) is 0 Å². The van der Waals surface area contributed by atoms with Gasteiger partial charge in [0.1, 0.15) is 0 Å². The number of nitrogens with zero attached hydrogens (tertiary/aromatic N) is 1. The number of ether oxygens (including phenoxy) is 2. The molecule has 1 aromatic rings. The molecule has 0 radical (unpaired) electrons. The van der Waals surface area contributed by atoms with Crippen LogP contribution in [0.15, 0.2) is 30.3 Å². The van der Waals surface area contributed by atoms with Gasteiger partial charge in [-0.15, -0.1) is 0 Å². The standard InChI is InChI=1S/C14H19NO3/c1-17-10-13-7-8-15(14(16)18-11-13)9-12-5-3-2-4-6-12/h2-6,13H,7-11H2,1H3. The van der Waals surface area contributed by atoms with Crippen LogP contribution in [0.2, 0.25) is 0 Å². The van der Waals surface area contributed by atoms with Crippen molar-refractivity contribution in [2.75, 3.05) is 26.9 Å². The Hall–Kier alpha value is -1.55. The Labute approximate surface area is 107 Å². The maximum absolute atomic E-state index is 11.8. The van der Waals surface area contributed by atoms with Crippen LogP contribution in [0, 0.1) is 5.92 Å². The van der Waals surface area contributed by atoms with Gasteiger partial charge < -0.3 is 14.4 Å². The van der Waals surface area contributed by atoms with E-state index < -0.39 is 0 Å². The molecule has 0 saturated carbocycles. The lowest BCUT2D eigenvalue weighted by atomic mass is 10.1. The molecule has 1 atom stereocenters. The summed E-state index contributed by atoms with van der Waals surface area (Å²) in [4.78, 5) is 13.6. The van der Waals surface area contributed by atoms with Crippen molar-refractivity contribution in [3.05, 3.63) is 35.9 Å². The van der Waals surface area contributed by atoms with E-state index in [1.807, 2.05) is 30.3 Å². The number of hydrogen-bond donors (Lipinski definition) is 0. The van der Waals surface area contributed by atoms with Crippen LogP contribution in [-0.2, 0) is 16.0 Å². The molecule has 0 bridgehead atoms. The summed E-state index contributed by atoms with van der Waals surface area (Å²) < 4.78 is 10.4. The quantitative estimate of drug-likeness (QED) is 0.821. The van der Waals surface area contributed by atoms with Gasteiger partial charge in [0, 0.05) is 26.1 Å². The fourth-order valence-corrected chi connectivity index (χ4v) is 2.11. The van der Waals surface area contributed by atoms with E-state index in [-0.39, 0.29) is 6.09 Å². The maximum atomic E-state index is 11.8. The Morgan fingerprint density at radius 1 is 1.39 bits per heavy atom. The molecule has 1 aliphatic rings. The van der Waals surface area contributed by atoms with E-state index in [0.717, 1.165) is 18.5 Å². The lowest BCUT2D eigenvalue weighted by Gasteiger charge is -2.19. The highest BCUT2D eigenvalue weighted by Crippen LogP contribution is 2.15. The molecule has 4 nitrogen and oxygen atoms in total. The Bertz CT molecular complexity index is 380. The molecule has 4 heteroatoms. The summed E-state index contributed by atoms with van der Waals surface area (Å²) in [6.45, 7) is 2.44. The van der Waals surface area contributed by atoms with E-state index in [1.165, 1.54) is 0 Å². The molecular formula is C14H19NO3. The van der Waals surface area contributed by atoms with Crippen LogP contribution in [0.1, 0.15) is 12.0 Å². The molecular weight excluding hydrogens is 230 g/mol. The predicted octanol–water partition coefficient (Wildman–Crippen LogP) is 2.29. The second kappa shape index (κ2) is 6.40. The zero-order valence-electron chi connectivity index (χ0n) is 10.7. The van der Waals surface area contributed by atoms with Gasteiger partial charge in [-0.3, -0.25) is 0 Å². The van der Waals surface area contributed by atoms with Crippen LogP contribution in [0.5, 0.6) is 0 Å². The number of methoxy groups -OCH3 is 1. The largest absolute Gasteiger partial charge is 0.449 e. The lowest BCUT2D eigenvalue weighted by molar-refractivity contribution is 0.0845. The summed E-state index contributed by atoms with van der Waals surface area (Å²) in [6.07, 6.45) is 0.698. The molecule has 1 fully saturated rings. The van der Waals surface area contributed by atoms with Crippen molar-refractivity contribution in [1.29, 1.82) is 0 Å². The molecule has 0 aliphatic carbocycles. The smallest absolute Gasteiger partial charge is 0.410 e. The first-order chi connectivity index (χ1) is 8.79. The van der Waals surface area contributed by atoms with Gasteiger partial charge in [-0.2, -0.15) is 0 Å².